The number of hydrogen-bond acceptors (Lipinski definition) is 3. The third-order valence-corrected chi connectivity index (χ3v) is 2.46. The van der Waals surface area contributed by atoms with E-state index >= 15 is 0 Å². The topological polar surface area (TPSA) is 58.6 Å². The van der Waals surface area contributed by atoms with Crippen LogP contribution in [0.15, 0.2) is 30.3 Å². The van der Waals surface area contributed by atoms with Crippen LogP contribution in [-0.2, 0) is 4.79 Å². The van der Waals surface area contributed by atoms with Crippen molar-refractivity contribution in [2.75, 3.05) is 13.7 Å². The molecule has 0 bridgehead atoms. The van der Waals surface area contributed by atoms with Crippen LogP contribution in [0, 0.1) is 0 Å². The Morgan fingerprint density at radius 1 is 1.44 bits per heavy atom. The summed E-state index contributed by atoms with van der Waals surface area (Å²) in [5, 5.41) is 11.7. The average Bonchev–Trinajstić information content (AvgIpc) is 2.36. The molecule has 0 heterocycles. The molecular formula is C14H19NO3. The Morgan fingerprint density at radius 2 is 2.06 bits per heavy atom. The summed E-state index contributed by atoms with van der Waals surface area (Å²) < 4.78 is 5.07. The largest absolute Gasteiger partial charge is 0.497 e. The van der Waals surface area contributed by atoms with Gasteiger partial charge in [0.25, 0.3) is 0 Å². The minimum absolute atomic E-state index is 0.204. The van der Waals surface area contributed by atoms with Crippen LogP contribution >= 0.6 is 0 Å². The molecule has 0 saturated carbocycles. The Morgan fingerprint density at radius 3 is 2.56 bits per heavy atom. The fraction of sp³-hybridized carbons (Fsp3) is 0.357. The molecule has 1 atom stereocenters. The maximum Gasteiger partial charge on any atom is 0.244 e. The molecule has 98 valence electrons. The molecule has 1 amide bonds. The number of methoxy groups -OCH3 is 1. The van der Waals surface area contributed by atoms with Crippen LogP contribution < -0.4 is 10.1 Å². The summed E-state index contributed by atoms with van der Waals surface area (Å²) >= 11 is 0. The number of carbonyl (C=O) groups is 1. The molecule has 0 spiro atoms. The SMILES string of the molecule is COc1ccc(C(C)=CC(=O)NC[C@H](C)O)cc1. The molecule has 0 aromatic heterocycles. The zero-order valence-corrected chi connectivity index (χ0v) is 10.9. The van der Waals surface area contributed by atoms with Crippen LogP contribution in [0.4, 0.5) is 0 Å². The van der Waals surface area contributed by atoms with Crippen molar-refractivity contribution >= 4 is 11.5 Å². The van der Waals surface area contributed by atoms with Gasteiger partial charge in [-0.05, 0) is 37.1 Å². The van der Waals surface area contributed by atoms with Crippen LogP contribution in [0.25, 0.3) is 5.57 Å². The minimum Gasteiger partial charge on any atom is -0.497 e. The molecule has 0 aliphatic carbocycles. The molecular weight excluding hydrogens is 230 g/mol. The van der Waals surface area contributed by atoms with Gasteiger partial charge in [-0.2, -0.15) is 0 Å². The number of benzene rings is 1. The van der Waals surface area contributed by atoms with Gasteiger partial charge >= 0.3 is 0 Å². The number of aliphatic hydroxyl groups excluding tert-OH is 1. The Kier molecular flexibility index (Phi) is 5.39. The molecule has 0 unspecified atom stereocenters. The number of hydrogen-bond donors (Lipinski definition) is 2. The van der Waals surface area contributed by atoms with Gasteiger partial charge in [0.2, 0.25) is 5.91 Å². The normalized spacial score (nSPS) is 13.0. The predicted molar refractivity (Wildman–Crippen MR) is 71.3 cm³/mol. The summed E-state index contributed by atoms with van der Waals surface area (Å²) in [6, 6.07) is 7.49. The second-order valence-corrected chi connectivity index (χ2v) is 4.15. The van der Waals surface area contributed by atoms with Crippen LogP contribution in [0.2, 0.25) is 0 Å². The molecule has 1 aromatic carbocycles. The highest BCUT2D eigenvalue weighted by Gasteiger charge is 2.02. The van der Waals surface area contributed by atoms with Crippen LogP contribution in [0.3, 0.4) is 0 Å². The average molecular weight is 249 g/mol. The van der Waals surface area contributed by atoms with Crippen LogP contribution in [-0.4, -0.2) is 30.8 Å². The van der Waals surface area contributed by atoms with Gasteiger partial charge in [0, 0.05) is 12.6 Å². The third-order valence-electron chi connectivity index (χ3n) is 2.46. The standard InChI is InChI=1S/C14H19NO3/c1-10(8-14(17)15-9-11(2)16)12-4-6-13(18-3)7-5-12/h4-8,11,16H,9H2,1-3H3,(H,15,17)/t11-/m0/s1. The number of ether oxygens (including phenoxy) is 1. The van der Waals surface area contributed by atoms with E-state index in [1.807, 2.05) is 31.2 Å². The van der Waals surface area contributed by atoms with Crippen molar-refractivity contribution < 1.29 is 14.6 Å². The van der Waals surface area contributed by atoms with Crippen molar-refractivity contribution in [1.29, 1.82) is 0 Å². The molecule has 18 heavy (non-hydrogen) atoms. The van der Waals surface area contributed by atoms with Gasteiger partial charge in [0.1, 0.15) is 5.75 Å². The minimum atomic E-state index is -0.538. The molecule has 2 N–H and O–H groups in total. The van der Waals surface area contributed by atoms with Crippen LogP contribution in [0.5, 0.6) is 5.75 Å². The van der Waals surface area contributed by atoms with E-state index in [9.17, 15) is 4.79 Å². The zero-order chi connectivity index (χ0) is 13.5. The first kappa shape index (κ1) is 14.3. The first-order chi connectivity index (χ1) is 8.52. The Balaban J connectivity index is 2.66. The molecule has 1 aromatic rings. The van der Waals surface area contributed by atoms with E-state index in [1.54, 1.807) is 14.0 Å². The van der Waals surface area contributed by atoms with E-state index in [2.05, 4.69) is 5.32 Å². The van der Waals surface area contributed by atoms with E-state index in [1.165, 1.54) is 6.08 Å². The lowest BCUT2D eigenvalue weighted by molar-refractivity contribution is -0.116. The highest BCUT2D eigenvalue weighted by atomic mass is 16.5. The van der Waals surface area contributed by atoms with E-state index in [-0.39, 0.29) is 12.5 Å². The van der Waals surface area contributed by atoms with Crippen molar-refractivity contribution in [3.8, 4) is 5.75 Å². The van der Waals surface area contributed by atoms with Crippen LogP contribution in [0.1, 0.15) is 19.4 Å². The van der Waals surface area contributed by atoms with Gasteiger partial charge < -0.3 is 15.2 Å². The van der Waals surface area contributed by atoms with E-state index in [0.29, 0.717) is 0 Å². The number of allylic oxidation sites excluding steroid dienone is 1. The number of carbonyl (C=O) groups excluding carboxylic acids is 1. The van der Waals surface area contributed by atoms with Gasteiger partial charge in [-0.1, -0.05) is 12.1 Å². The highest BCUT2D eigenvalue weighted by Crippen LogP contribution is 2.17. The first-order valence-corrected chi connectivity index (χ1v) is 5.81. The Labute approximate surface area is 107 Å². The number of rotatable bonds is 5. The number of amides is 1. The second-order valence-electron chi connectivity index (χ2n) is 4.15. The van der Waals surface area contributed by atoms with Gasteiger partial charge in [-0.25, -0.2) is 0 Å². The van der Waals surface area contributed by atoms with Gasteiger partial charge in [0.05, 0.1) is 13.2 Å². The molecule has 0 aliphatic rings. The Hall–Kier alpha value is -1.81. The number of aliphatic hydroxyl groups is 1. The lowest BCUT2D eigenvalue weighted by Gasteiger charge is -2.06. The monoisotopic (exact) mass is 249 g/mol. The van der Waals surface area contributed by atoms with Crippen molar-refractivity contribution in [3.63, 3.8) is 0 Å². The fourth-order valence-electron chi connectivity index (χ4n) is 1.43. The summed E-state index contributed by atoms with van der Waals surface area (Å²) in [7, 11) is 1.61. The summed E-state index contributed by atoms with van der Waals surface area (Å²) in [6.45, 7) is 3.75. The molecule has 0 saturated heterocycles. The van der Waals surface area contributed by atoms with Crippen molar-refractivity contribution in [1.82, 2.24) is 5.32 Å². The summed E-state index contributed by atoms with van der Waals surface area (Å²) in [5.74, 6) is 0.578. The fourth-order valence-corrected chi connectivity index (χ4v) is 1.43. The first-order valence-electron chi connectivity index (χ1n) is 5.81. The smallest absolute Gasteiger partial charge is 0.244 e. The summed E-state index contributed by atoms with van der Waals surface area (Å²) in [6.07, 6.45) is 0.980. The van der Waals surface area contributed by atoms with Crippen molar-refractivity contribution in [2.45, 2.75) is 20.0 Å². The van der Waals surface area contributed by atoms with Gasteiger partial charge in [0.15, 0.2) is 0 Å². The molecule has 4 heteroatoms. The van der Waals surface area contributed by atoms with E-state index in [0.717, 1.165) is 16.9 Å². The highest BCUT2D eigenvalue weighted by molar-refractivity contribution is 5.94. The molecule has 0 radical (unpaired) electrons. The summed E-state index contributed by atoms with van der Waals surface area (Å²) in [5.41, 5.74) is 1.82. The lowest BCUT2D eigenvalue weighted by Crippen LogP contribution is -2.29. The zero-order valence-electron chi connectivity index (χ0n) is 10.9. The molecule has 4 nitrogen and oxygen atoms in total. The molecule has 0 aliphatic heterocycles. The Bertz CT molecular complexity index is 421. The lowest BCUT2D eigenvalue weighted by atomic mass is 10.1. The predicted octanol–water partition coefficient (Wildman–Crippen LogP) is 1.60. The van der Waals surface area contributed by atoms with Gasteiger partial charge in [-0.3, -0.25) is 4.79 Å². The quantitative estimate of drug-likeness (QED) is 0.779. The molecule has 1 rings (SSSR count). The van der Waals surface area contributed by atoms with Gasteiger partial charge in [-0.15, -0.1) is 0 Å². The van der Waals surface area contributed by atoms with E-state index in [4.69, 9.17) is 9.84 Å². The van der Waals surface area contributed by atoms with Crippen molar-refractivity contribution in [3.05, 3.63) is 35.9 Å². The molecule has 0 fully saturated rings. The number of nitrogens with one attached hydrogen (secondary N) is 1. The summed E-state index contributed by atoms with van der Waals surface area (Å²) in [4.78, 5) is 11.5. The second kappa shape index (κ2) is 6.81. The maximum atomic E-state index is 11.5. The van der Waals surface area contributed by atoms with E-state index < -0.39 is 6.10 Å². The maximum absolute atomic E-state index is 11.5. The third kappa shape index (κ3) is 4.59. The van der Waals surface area contributed by atoms with Crippen molar-refractivity contribution in [2.24, 2.45) is 0 Å².